The van der Waals surface area contributed by atoms with Crippen molar-refractivity contribution in [1.82, 2.24) is 21.3 Å². The minimum atomic E-state index is -1.19. The summed E-state index contributed by atoms with van der Waals surface area (Å²) < 4.78 is 0. The van der Waals surface area contributed by atoms with Crippen molar-refractivity contribution in [2.45, 2.75) is 5.54 Å². The highest BCUT2D eigenvalue weighted by Gasteiger charge is 2.32. The molecule has 130 valence electrons. The SMILES string of the molecule is C=CC(=O)NCC(CNC(=O)C=C)(CNC(=O)C=C)NC(=O)C=C. The molecule has 0 fully saturated rings. The number of amides is 4. The molecule has 4 amide bonds. The van der Waals surface area contributed by atoms with Crippen LogP contribution in [0.15, 0.2) is 50.6 Å². The number of hydrogen-bond donors (Lipinski definition) is 4. The number of rotatable bonds is 11. The van der Waals surface area contributed by atoms with Crippen molar-refractivity contribution in [3.8, 4) is 0 Å². The molecule has 0 spiro atoms. The predicted octanol–water partition coefficient (Wildman–Crippen LogP) is -1.07. The molecule has 0 aromatic carbocycles. The van der Waals surface area contributed by atoms with Crippen molar-refractivity contribution in [2.24, 2.45) is 0 Å². The van der Waals surface area contributed by atoms with E-state index >= 15 is 0 Å². The van der Waals surface area contributed by atoms with Crippen LogP contribution in [0.3, 0.4) is 0 Å². The van der Waals surface area contributed by atoms with Crippen molar-refractivity contribution < 1.29 is 19.2 Å². The summed E-state index contributed by atoms with van der Waals surface area (Å²) in [6, 6.07) is 0. The lowest BCUT2D eigenvalue weighted by atomic mass is 9.98. The quantitative estimate of drug-likeness (QED) is 0.360. The van der Waals surface area contributed by atoms with Crippen LogP contribution >= 0.6 is 0 Å². The summed E-state index contributed by atoms with van der Waals surface area (Å²) in [6.45, 7) is 13.1. The zero-order chi connectivity index (χ0) is 18.6. The molecule has 0 radical (unpaired) electrons. The number of carbonyl (C=O) groups is 4. The number of carbonyl (C=O) groups excluding carboxylic acids is 4. The van der Waals surface area contributed by atoms with Crippen molar-refractivity contribution in [3.05, 3.63) is 50.6 Å². The Morgan fingerprint density at radius 2 is 0.917 bits per heavy atom. The van der Waals surface area contributed by atoms with Crippen LogP contribution in [0.1, 0.15) is 0 Å². The lowest BCUT2D eigenvalue weighted by molar-refractivity contribution is -0.121. The van der Waals surface area contributed by atoms with Crippen LogP contribution in [-0.2, 0) is 19.2 Å². The maximum atomic E-state index is 11.7. The average molecular weight is 334 g/mol. The van der Waals surface area contributed by atoms with Crippen LogP contribution in [0.2, 0.25) is 0 Å². The number of hydrogen-bond acceptors (Lipinski definition) is 4. The Kier molecular flexibility index (Phi) is 9.16. The first-order valence-electron chi connectivity index (χ1n) is 6.98. The maximum Gasteiger partial charge on any atom is 0.243 e. The second-order valence-corrected chi connectivity index (χ2v) is 4.74. The van der Waals surface area contributed by atoms with Crippen molar-refractivity contribution >= 4 is 23.6 Å². The molecule has 0 aliphatic rings. The van der Waals surface area contributed by atoms with Crippen molar-refractivity contribution in [1.29, 1.82) is 0 Å². The van der Waals surface area contributed by atoms with Gasteiger partial charge in [-0.2, -0.15) is 0 Å². The number of nitrogens with one attached hydrogen (secondary N) is 4. The fourth-order valence-electron chi connectivity index (χ4n) is 1.62. The maximum absolute atomic E-state index is 11.7. The topological polar surface area (TPSA) is 116 Å². The molecule has 0 saturated heterocycles. The Morgan fingerprint density at radius 3 is 1.17 bits per heavy atom. The van der Waals surface area contributed by atoms with Crippen LogP contribution in [0.25, 0.3) is 0 Å². The van der Waals surface area contributed by atoms with Crippen LogP contribution in [-0.4, -0.2) is 48.8 Å². The van der Waals surface area contributed by atoms with Gasteiger partial charge in [0.05, 0.1) is 5.54 Å². The summed E-state index contributed by atoms with van der Waals surface area (Å²) in [5.74, 6) is -1.96. The van der Waals surface area contributed by atoms with E-state index in [0.717, 1.165) is 24.3 Å². The Labute approximate surface area is 140 Å². The Balaban J connectivity index is 5.39. The van der Waals surface area contributed by atoms with E-state index < -0.39 is 29.2 Å². The van der Waals surface area contributed by atoms with Gasteiger partial charge < -0.3 is 21.3 Å². The van der Waals surface area contributed by atoms with Gasteiger partial charge in [0, 0.05) is 19.6 Å². The first kappa shape index (κ1) is 20.8. The lowest BCUT2D eigenvalue weighted by Crippen LogP contribution is -2.65. The van der Waals surface area contributed by atoms with Gasteiger partial charge in [-0.05, 0) is 24.3 Å². The highest BCUT2D eigenvalue weighted by atomic mass is 16.2. The van der Waals surface area contributed by atoms with Crippen LogP contribution < -0.4 is 21.3 Å². The smallest absolute Gasteiger partial charge is 0.243 e. The van der Waals surface area contributed by atoms with Crippen LogP contribution in [0.5, 0.6) is 0 Å². The van der Waals surface area contributed by atoms with Crippen molar-refractivity contribution in [3.63, 3.8) is 0 Å². The predicted molar refractivity (Wildman–Crippen MR) is 90.7 cm³/mol. The Hall–Kier alpha value is -3.16. The molecule has 0 bridgehead atoms. The van der Waals surface area contributed by atoms with Gasteiger partial charge in [0.1, 0.15) is 0 Å². The molecule has 24 heavy (non-hydrogen) atoms. The summed E-state index contributed by atoms with van der Waals surface area (Å²) in [6.07, 6.45) is 4.22. The second-order valence-electron chi connectivity index (χ2n) is 4.74. The molecule has 0 aromatic heterocycles. The van der Waals surface area contributed by atoms with E-state index in [1.807, 2.05) is 0 Å². The third-order valence-electron chi connectivity index (χ3n) is 2.93. The molecule has 4 N–H and O–H groups in total. The van der Waals surface area contributed by atoms with Gasteiger partial charge >= 0.3 is 0 Å². The lowest BCUT2D eigenvalue weighted by Gasteiger charge is -2.34. The largest absolute Gasteiger partial charge is 0.350 e. The van der Waals surface area contributed by atoms with E-state index in [2.05, 4.69) is 47.6 Å². The van der Waals surface area contributed by atoms with Gasteiger partial charge in [-0.3, -0.25) is 19.2 Å². The van der Waals surface area contributed by atoms with E-state index in [9.17, 15) is 19.2 Å². The molecular formula is C16H22N4O4. The third-order valence-corrected chi connectivity index (χ3v) is 2.93. The zero-order valence-electron chi connectivity index (χ0n) is 13.4. The average Bonchev–Trinajstić information content (AvgIpc) is 2.61. The fraction of sp³-hybridized carbons (Fsp3) is 0.250. The molecule has 0 saturated carbocycles. The van der Waals surface area contributed by atoms with Crippen LogP contribution in [0, 0.1) is 0 Å². The van der Waals surface area contributed by atoms with E-state index in [0.29, 0.717) is 0 Å². The molecule has 0 unspecified atom stereocenters. The standard InChI is InChI=1S/C16H22N4O4/c1-5-12(21)17-9-16(20-15(24)8-4,10-18-13(22)6-2)11-19-14(23)7-3/h5-8H,1-4,9-11H2,(H,17,21)(H,18,22)(H,19,23)(H,20,24). The summed E-state index contributed by atoms with van der Waals surface area (Å²) in [4.78, 5) is 46.0. The summed E-state index contributed by atoms with van der Waals surface area (Å²) in [7, 11) is 0. The van der Waals surface area contributed by atoms with E-state index in [4.69, 9.17) is 0 Å². The molecule has 0 aromatic rings. The highest BCUT2D eigenvalue weighted by molar-refractivity contribution is 5.90. The van der Waals surface area contributed by atoms with Gasteiger partial charge in [0.25, 0.3) is 0 Å². The van der Waals surface area contributed by atoms with Gasteiger partial charge in [-0.25, -0.2) is 0 Å². The van der Waals surface area contributed by atoms with Gasteiger partial charge in [-0.1, -0.05) is 26.3 Å². The minimum absolute atomic E-state index is 0.0771. The van der Waals surface area contributed by atoms with Gasteiger partial charge in [0.15, 0.2) is 0 Å². The molecule has 0 atom stereocenters. The molecule has 0 heterocycles. The van der Waals surface area contributed by atoms with E-state index in [1.54, 1.807) is 0 Å². The van der Waals surface area contributed by atoms with Crippen molar-refractivity contribution in [2.75, 3.05) is 19.6 Å². The van der Waals surface area contributed by atoms with E-state index in [1.165, 1.54) is 0 Å². The van der Waals surface area contributed by atoms with E-state index in [-0.39, 0.29) is 19.6 Å². The zero-order valence-corrected chi connectivity index (χ0v) is 13.4. The third kappa shape index (κ3) is 7.74. The fourth-order valence-corrected chi connectivity index (χ4v) is 1.62. The first-order valence-corrected chi connectivity index (χ1v) is 6.98. The van der Waals surface area contributed by atoms with Crippen LogP contribution in [0.4, 0.5) is 0 Å². The minimum Gasteiger partial charge on any atom is -0.350 e. The molecule has 0 aliphatic carbocycles. The highest BCUT2D eigenvalue weighted by Crippen LogP contribution is 2.03. The monoisotopic (exact) mass is 334 g/mol. The molecular weight excluding hydrogens is 312 g/mol. The summed E-state index contributed by atoms with van der Waals surface area (Å²) in [5.41, 5.74) is -1.19. The van der Waals surface area contributed by atoms with Gasteiger partial charge in [-0.15, -0.1) is 0 Å². The Bertz CT molecular complexity index is 494. The molecule has 8 heteroatoms. The summed E-state index contributed by atoms with van der Waals surface area (Å²) in [5, 5.41) is 10.2. The molecule has 0 aliphatic heterocycles. The molecule has 0 rings (SSSR count). The Morgan fingerprint density at radius 1 is 0.625 bits per heavy atom. The van der Waals surface area contributed by atoms with Gasteiger partial charge in [0.2, 0.25) is 23.6 Å². The normalized spacial score (nSPS) is 9.83. The second kappa shape index (κ2) is 10.5. The first-order chi connectivity index (χ1) is 11.3. The molecule has 8 nitrogen and oxygen atoms in total. The summed E-state index contributed by atoms with van der Waals surface area (Å²) >= 11 is 0.